The summed E-state index contributed by atoms with van der Waals surface area (Å²) in [5, 5.41) is 0. The highest BCUT2D eigenvalue weighted by molar-refractivity contribution is 5.89. The zero-order valence-corrected chi connectivity index (χ0v) is 45.9. The van der Waals surface area contributed by atoms with Crippen LogP contribution in [0.3, 0.4) is 0 Å². The average molecular weight is 1100 g/mol. The van der Waals surface area contributed by atoms with E-state index in [0.717, 1.165) is 89.0 Å². The third-order valence-electron chi connectivity index (χ3n) is 15.6. The molecule has 4 fully saturated rings. The Morgan fingerprint density at radius 1 is 0.605 bits per heavy atom. The minimum atomic E-state index is -5.10. The van der Waals surface area contributed by atoms with E-state index in [1.165, 1.54) is 11.1 Å². The summed E-state index contributed by atoms with van der Waals surface area (Å²) >= 11 is 0. The smallest absolute Gasteiger partial charge is 0.467 e. The fourth-order valence-corrected chi connectivity index (χ4v) is 11.9. The van der Waals surface area contributed by atoms with Gasteiger partial charge < -0.3 is 29.7 Å². The number of carbonyl (C=O) groups is 5. The summed E-state index contributed by atoms with van der Waals surface area (Å²) in [7, 11) is 2.27. The highest BCUT2D eigenvalue weighted by Crippen LogP contribution is 2.48. The molecule has 2 spiro atoms. The lowest BCUT2D eigenvalue weighted by molar-refractivity contribution is -0.194. The molecule has 0 bridgehead atoms. The second-order valence-electron chi connectivity index (χ2n) is 22.3. The van der Waals surface area contributed by atoms with Crippen LogP contribution in [0.15, 0.2) is 60.7 Å². The van der Waals surface area contributed by atoms with Crippen LogP contribution in [0.5, 0.6) is 0 Å². The number of rotatable bonds is 20. The minimum absolute atomic E-state index is 0. The van der Waals surface area contributed by atoms with Crippen LogP contribution in [-0.2, 0) is 51.3 Å². The van der Waals surface area contributed by atoms with Crippen LogP contribution in [0.4, 0.5) is 26.3 Å². The van der Waals surface area contributed by atoms with E-state index in [2.05, 4.69) is 34.1 Å². The van der Waals surface area contributed by atoms with Gasteiger partial charge in [0.25, 0.3) is 0 Å². The number of nitrogens with two attached hydrogens (primary N) is 1. The number of methoxy groups -OCH3 is 2. The van der Waals surface area contributed by atoms with Gasteiger partial charge in [0.05, 0.1) is 14.2 Å². The van der Waals surface area contributed by atoms with Crippen molar-refractivity contribution in [2.75, 3.05) is 46.9 Å². The van der Waals surface area contributed by atoms with Crippen LogP contribution in [0.1, 0.15) is 147 Å². The second kappa shape index (κ2) is 29.0. The first-order valence-corrected chi connectivity index (χ1v) is 26.8. The Bertz CT molecular complexity index is 2130. The lowest BCUT2D eigenvalue weighted by Crippen LogP contribution is -2.56. The first-order valence-electron chi connectivity index (χ1n) is 26.8. The average Bonchev–Trinajstić information content (AvgIpc) is 3.95. The molecule has 2 aliphatic carbocycles. The number of halogens is 7. The number of carbonyl (C=O) groups excluding carboxylic acids is 5. The van der Waals surface area contributed by atoms with Gasteiger partial charge in [0.15, 0.2) is 0 Å². The molecule has 2 atom stereocenters. The van der Waals surface area contributed by atoms with E-state index >= 15 is 0 Å². The van der Waals surface area contributed by atoms with Gasteiger partial charge in [0, 0.05) is 44.7 Å². The molecule has 6 rings (SSSR count). The van der Waals surface area contributed by atoms with Crippen molar-refractivity contribution < 1.29 is 64.5 Å². The normalized spacial score (nSPS) is 22.9. The molecule has 20 heteroatoms. The predicted molar refractivity (Wildman–Crippen MR) is 279 cm³/mol. The highest BCUT2D eigenvalue weighted by Gasteiger charge is 2.53. The highest BCUT2D eigenvalue weighted by atomic mass is 35.5. The maximum atomic E-state index is 13.8. The van der Waals surface area contributed by atoms with Gasteiger partial charge in [0.2, 0.25) is 0 Å². The number of hydrogen-bond donors (Lipinski definition) is 1. The van der Waals surface area contributed by atoms with E-state index in [0.29, 0.717) is 77.2 Å². The molecular formula is C56H82ClF6N5O8. The van der Waals surface area contributed by atoms with Gasteiger partial charge in [-0.05, 0) is 159 Å². The van der Waals surface area contributed by atoms with Crippen LogP contribution >= 0.6 is 12.4 Å². The van der Waals surface area contributed by atoms with Crippen molar-refractivity contribution in [1.29, 1.82) is 0 Å². The van der Waals surface area contributed by atoms with Crippen molar-refractivity contribution in [3.63, 3.8) is 0 Å². The third-order valence-corrected chi connectivity index (χ3v) is 15.6. The molecule has 2 aromatic rings. The van der Waals surface area contributed by atoms with Crippen molar-refractivity contribution in [2.24, 2.45) is 16.6 Å². The first-order chi connectivity index (χ1) is 35.4. The number of unbranched alkanes of at least 4 members (excludes halogenated alkanes) is 3. The largest absolute Gasteiger partial charge is 0.471 e. The molecule has 2 aromatic carbocycles. The molecule has 2 heterocycles. The molecule has 76 heavy (non-hydrogen) atoms. The van der Waals surface area contributed by atoms with E-state index in [4.69, 9.17) is 19.9 Å². The Hall–Kier alpha value is -4.46. The summed E-state index contributed by atoms with van der Waals surface area (Å²) in [6.45, 7) is 11.0. The minimum Gasteiger partial charge on any atom is -0.467 e. The standard InChI is InChI=1S/C31H45F3N2O5.C25H36F3N3O3.ClH/c1-29(2,3)41-26(37)14-10-6-9-13-25(27(38)40-4)36(28(39)31(32,33)34)24-15-17-30(18-16-24)19-20-35(22-30)21-23-11-7-5-8-12-23;1-34-22(32)21(9-5-6-15-29)31(23(33)25(26,27)28)20-10-12-24(13-11-20)14-16-30(18-24)17-19-7-3-2-4-8-19;/h5,7-8,11-12,24-25H,6,9-10,13-22H2,1-4H3;2-4,7-8,20-21H,5-6,9-18,29H2,1H3;1H/t24?,25-,30?;20?,21-,24?;/m11./s1. The number of hydrogen-bond acceptors (Lipinski definition) is 11. The van der Waals surface area contributed by atoms with E-state index in [9.17, 15) is 50.3 Å². The van der Waals surface area contributed by atoms with E-state index in [1.807, 2.05) is 36.4 Å². The van der Waals surface area contributed by atoms with Crippen LogP contribution in [0, 0.1) is 10.8 Å². The Labute approximate surface area is 451 Å². The second-order valence-corrected chi connectivity index (χ2v) is 22.3. The topological polar surface area (TPSA) is 152 Å². The molecular weight excluding hydrogens is 1020 g/mol. The summed E-state index contributed by atoms with van der Waals surface area (Å²) < 4.78 is 97.0. The maximum absolute atomic E-state index is 13.8. The molecule has 2 saturated heterocycles. The van der Waals surface area contributed by atoms with Crippen LogP contribution < -0.4 is 5.73 Å². The van der Waals surface area contributed by atoms with Crippen LogP contribution in [0.2, 0.25) is 0 Å². The van der Waals surface area contributed by atoms with Crippen molar-refractivity contribution in [3.8, 4) is 0 Å². The summed E-state index contributed by atoms with van der Waals surface area (Å²) in [5.41, 5.74) is 7.46. The Kier molecular flexibility index (Phi) is 24.4. The van der Waals surface area contributed by atoms with Gasteiger partial charge >= 0.3 is 42.1 Å². The maximum Gasteiger partial charge on any atom is 0.471 e. The third kappa shape index (κ3) is 18.9. The Balaban J connectivity index is 0.000000330. The van der Waals surface area contributed by atoms with E-state index < -0.39 is 65.9 Å². The van der Waals surface area contributed by atoms with Gasteiger partial charge in [-0.25, -0.2) is 9.59 Å². The van der Waals surface area contributed by atoms with Crippen LogP contribution in [0.25, 0.3) is 0 Å². The molecule has 4 aliphatic rings. The number of benzene rings is 2. The quantitative estimate of drug-likeness (QED) is 0.0584. The molecule has 2 aliphatic heterocycles. The summed E-state index contributed by atoms with van der Waals surface area (Å²) in [4.78, 5) is 68.7. The Morgan fingerprint density at radius 2 is 0.987 bits per heavy atom. The summed E-state index contributed by atoms with van der Waals surface area (Å²) in [6, 6.07) is 16.5. The number of ether oxygens (including phenoxy) is 3. The number of alkyl halides is 6. The number of nitrogens with zero attached hydrogens (tertiary/aromatic N) is 4. The fraction of sp³-hybridized carbons (Fsp3) is 0.696. The lowest BCUT2D eigenvalue weighted by atomic mass is 9.71. The predicted octanol–water partition coefficient (Wildman–Crippen LogP) is 10.4. The van der Waals surface area contributed by atoms with E-state index in [1.54, 1.807) is 20.8 Å². The molecule has 428 valence electrons. The van der Waals surface area contributed by atoms with Crippen molar-refractivity contribution >= 4 is 42.1 Å². The molecule has 0 aromatic heterocycles. The van der Waals surface area contributed by atoms with Crippen molar-refractivity contribution in [2.45, 2.75) is 192 Å². The molecule has 2 saturated carbocycles. The number of esters is 3. The fourth-order valence-electron chi connectivity index (χ4n) is 11.9. The van der Waals surface area contributed by atoms with Crippen LogP contribution in [-0.4, -0.2) is 138 Å². The van der Waals surface area contributed by atoms with Gasteiger partial charge in [-0.1, -0.05) is 73.5 Å². The Morgan fingerprint density at radius 3 is 1.33 bits per heavy atom. The lowest BCUT2D eigenvalue weighted by Gasteiger charge is -2.44. The molecule has 2 N–H and O–H groups in total. The van der Waals surface area contributed by atoms with E-state index in [-0.39, 0.29) is 48.5 Å². The molecule has 13 nitrogen and oxygen atoms in total. The molecule has 0 unspecified atom stereocenters. The molecule has 2 amide bonds. The zero-order chi connectivity index (χ0) is 55.0. The van der Waals surface area contributed by atoms with Gasteiger partial charge in [-0.2, -0.15) is 26.3 Å². The van der Waals surface area contributed by atoms with Gasteiger partial charge in [-0.15, -0.1) is 12.4 Å². The van der Waals surface area contributed by atoms with Gasteiger partial charge in [0.1, 0.15) is 17.7 Å². The zero-order valence-electron chi connectivity index (χ0n) is 45.1. The first kappa shape index (κ1) is 64.1. The SMILES string of the molecule is COC(=O)[C@@H](CCCCCC(=O)OC(C)(C)C)N(C(=O)C(F)(F)F)C1CCC2(CC1)CCN(Cc1ccccc1)C2.COC(=O)[C@@H](CCCCN)N(C(=O)C(F)(F)F)C1CCC2(CC1)CCN(Cc1ccccc1)C2.Cl. The monoisotopic (exact) mass is 1100 g/mol. The van der Waals surface area contributed by atoms with Crippen molar-refractivity contribution in [1.82, 2.24) is 19.6 Å². The summed E-state index contributed by atoms with van der Waals surface area (Å²) in [6.07, 6.45) is -0.896. The molecule has 0 radical (unpaired) electrons. The van der Waals surface area contributed by atoms with Gasteiger partial charge in [-0.3, -0.25) is 24.2 Å². The van der Waals surface area contributed by atoms with Crippen molar-refractivity contribution in [3.05, 3.63) is 71.8 Å². The summed E-state index contributed by atoms with van der Waals surface area (Å²) in [5.74, 6) is -5.93. The number of amides is 2. The number of likely N-dealkylation sites (tertiary alicyclic amines) is 2.